The van der Waals surface area contributed by atoms with Crippen LogP contribution in [0.2, 0.25) is 0 Å². The molecule has 0 radical (unpaired) electrons. The van der Waals surface area contributed by atoms with Gasteiger partial charge in [0.15, 0.2) is 0 Å². The molecule has 0 fully saturated rings. The van der Waals surface area contributed by atoms with Gasteiger partial charge in [-0.2, -0.15) is 10.5 Å². The molecule has 0 spiro atoms. The number of para-hydroxylation sites is 1. The summed E-state index contributed by atoms with van der Waals surface area (Å²) in [6.07, 6.45) is 1.96. The minimum absolute atomic E-state index is 0.634. The van der Waals surface area contributed by atoms with Gasteiger partial charge < -0.3 is 0 Å². The van der Waals surface area contributed by atoms with Crippen molar-refractivity contribution in [3.05, 3.63) is 114 Å². The smallest absolute Gasteiger partial charge is 0.0991 e. The molecule has 156 valence electrons. The highest BCUT2D eigenvalue weighted by molar-refractivity contribution is 6.27. The first-order chi connectivity index (χ1) is 16.8. The van der Waals surface area contributed by atoms with E-state index in [0.29, 0.717) is 11.1 Å². The minimum Gasteiger partial charge on any atom is -0.256 e. The topological polar surface area (TPSA) is 60.5 Å². The van der Waals surface area contributed by atoms with E-state index < -0.39 is 0 Å². The first kappa shape index (κ1) is 19.7. The highest BCUT2D eigenvalue weighted by atomic mass is 14.6. The quantitative estimate of drug-likeness (QED) is 0.209. The zero-order valence-corrected chi connectivity index (χ0v) is 18.2. The molecule has 0 aliphatic heterocycles. The van der Waals surface area contributed by atoms with E-state index in [-0.39, 0.29) is 0 Å². The lowest BCUT2D eigenvalue weighted by Crippen LogP contribution is -1.93. The van der Waals surface area contributed by atoms with Crippen LogP contribution in [0.25, 0.3) is 54.7 Å². The summed E-state index contributed by atoms with van der Waals surface area (Å²) in [6, 6.07) is 36.6. The van der Waals surface area contributed by atoms with E-state index in [1.54, 1.807) is 0 Å². The summed E-state index contributed by atoms with van der Waals surface area (Å²) in [5, 5.41) is 24.1. The van der Waals surface area contributed by atoms with Gasteiger partial charge in [0.25, 0.3) is 0 Å². The highest BCUT2D eigenvalue weighted by Gasteiger charge is 2.19. The summed E-state index contributed by atoms with van der Waals surface area (Å²) in [7, 11) is 0. The number of benzene rings is 5. The summed E-state index contributed by atoms with van der Waals surface area (Å²) >= 11 is 0. The molecular formula is C31H17N3. The zero-order valence-electron chi connectivity index (χ0n) is 18.2. The number of pyridine rings is 1. The molecule has 3 nitrogen and oxygen atoms in total. The predicted octanol–water partition coefficient (Wildman–Crippen LogP) is 7.62. The van der Waals surface area contributed by atoms with Crippen LogP contribution in [0, 0.1) is 22.7 Å². The fourth-order valence-electron chi connectivity index (χ4n) is 4.83. The average molecular weight is 431 g/mol. The van der Waals surface area contributed by atoms with Gasteiger partial charge in [0.1, 0.15) is 0 Å². The van der Waals surface area contributed by atoms with Crippen LogP contribution in [-0.4, -0.2) is 4.98 Å². The van der Waals surface area contributed by atoms with E-state index in [1.807, 2.05) is 72.9 Å². The van der Waals surface area contributed by atoms with Gasteiger partial charge in [-0.15, -0.1) is 0 Å². The molecule has 5 aromatic carbocycles. The van der Waals surface area contributed by atoms with Gasteiger partial charge in [-0.05, 0) is 63.4 Å². The normalized spacial score (nSPS) is 10.9. The molecule has 0 aliphatic carbocycles. The van der Waals surface area contributed by atoms with Crippen LogP contribution in [-0.2, 0) is 0 Å². The second-order valence-electron chi connectivity index (χ2n) is 8.24. The average Bonchev–Trinajstić information content (AvgIpc) is 2.91. The largest absolute Gasteiger partial charge is 0.256 e. The van der Waals surface area contributed by atoms with Gasteiger partial charge >= 0.3 is 0 Å². The van der Waals surface area contributed by atoms with Gasteiger partial charge in [-0.25, -0.2) is 0 Å². The number of aromatic nitrogens is 1. The van der Waals surface area contributed by atoms with Crippen molar-refractivity contribution in [3.8, 4) is 34.4 Å². The molecular weight excluding hydrogens is 414 g/mol. The number of hydrogen-bond acceptors (Lipinski definition) is 3. The number of fused-ring (bicyclic) bond motifs is 4. The van der Waals surface area contributed by atoms with E-state index in [2.05, 4.69) is 42.5 Å². The Bertz CT molecular complexity index is 1800. The van der Waals surface area contributed by atoms with E-state index in [9.17, 15) is 10.5 Å². The number of nitrogens with zero attached hydrogens (tertiary/aromatic N) is 3. The third-order valence-corrected chi connectivity index (χ3v) is 6.37. The lowest BCUT2D eigenvalue weighted by Gasteiger charge is -2.19. The van der Waals surface area contributed by atoms with Crippen LogP contribution in [0.5, 0.6) is 0 Å². The van der Waals surface area contributed by atoms with E-state index in [4.69, 9.17) is 4.98 Å². The molecule has 0 atom stereocenters. The second-order valence-corrected chi connectivity index (χ2v) is 8.24. The van der Waals surface area contributed by atoms with Crippen LogP contribution < -0.4 is 0 Å². The molecule has 0 N–H and O–H groups in total. The maximum Gasteiger partial charge on any atom is 0.0991 e. The van der Waals surface area contributed by atoms with Gasteiger partial charge in [0.2, 0.25) is 0 Å². The van der Waals surface area contributed by atoms with Crippen molar-refractivity contribution in [1.29, 1.82) is 10.5 Å². The molecule has 3 heteroatoms. The Balaban J connectivity index is 1.84. The highest BCUT2D eigenvalue weighted by Crippen LogP contribution is 2.45. The predicted molar refractivity (Wildman–Crippen MR) is 137 cm³/mol. The maximum absolute atomic E-state index is 9.31. The summed E-state index contributed by atoms with van der Waals surface area (Å²) < 4.78 is 0. The Morgan fingerprint density at radius 1 is 0.500 bits per heavy atom. The first-order valence-corrected chi connectivity index (χ1v) is 11.0. The summed E-state index contributed by atoms with van der Waals surface area (Å²) in [6.45, 7) is 0. The van der Waals surface area contributed by atoms with Crippen molar-refractivity contribution in [2.24, 2.45) is 0 Å². The Hall–Kier alpha value is -4.99. The van der Waals surface area contributed by atoms with Crippen LogP contribution in [0.1, 0.15) is 11.1 Å². The molecule has 0 aliphatic rings. The Morgan fingerprint density at radius 3 is 1.59 bits per heavy atom. The monoisotopic (exact) mass is 431 g/mol. The SMILES string of the molecule is N#Cc1ccc(-c2c3ccccc3c(-c3ccc(C#N)cc3)c3c2cnc2ccccc23)cc1. The third-order valence-electron chi connectivity index (χ3n) is 6.37. The minimum atomic E-state index is 0.634. The molecule has 0 saturated heterocycles. The van der Waals surface area contributed by atoms with Gasteiger partial charge in [-0.3, -0.25) is 4.98 Å². The van der Waals surface area contributed by atoms with Crippen molar-refractivity contribution in [2.75, 3.05) is 0 Å². The van der Waals surface area contributed by atoms with Crippen LogP contribution in [0.3, 0.4) is 0 Å². The van der Waals surface area contributed by atoms with Gasteiger partial charge in [0.05, 0.1) is 28.8 Å². The Morgan fingerprint density at radius 2 is 1.00 bits per heavy atom. The Kier molecular flexibility index (Phi) is 4.54. The Labute approximate surface area is 196 Å². The summed E-state index contributed by atoms with van der Waals surface area (Å²) in [5.41, 5.74) is 6.54. The summed E-state index contributed by atoms with van der Waals surface area (Å²) in [4.78, 5) is 4.80. The second kappa shape index (κ2) is 7.85. The molecule has 6 aromatic rings. The van der Waals surface area contributed by atoms with E-state index in [0.717, 1.165) is 54.7 Å². The van der Waals surface area contributed by atoms with Crippen molar-refractivity contribution < 1.29 is 0 Å². The lowest BCUT2D eigenvalue weighted by molar-refractivity contribution is 1.44. The maximum atomic E-state index is 9.31. The van der Waals surface area contributed by atoms with E-state index in [1.165, 1.54) is 0 Å². The molecule has 1 heterocycles. The van der Waals surface area contributed by atoms with Crippen LogP contribution >= 0.6 is 0 Å². The zero-order chi connectivity index (χ0) is 23.1. The van der Waals surface area contributed by atoms with Gasteiger partial charge in [0, 0.05) is 22.4 Å². The van der Waals surface area contributed by atoms with Crippen molar-refractivity contribution in [1.82, 2.24) is 4.98 Å². The standard InChI is InChI=1S/C31H17N3/c32-17-20-9-13-22(14-10-20)29-24-5-1-2-6-25(24)30(23-15-11-21(18-33)12-16-23)31-26-7-3-4-8-28(26)34-19-27(29)31/h1-16,19H. The van der Waals surface area contributed by atoms with Crippen LogP contribution in [0.15, 0.2) is 103 Å². The summed E-state index contributed by atoms with van der Waals surface area (Å²) in [5.74, 6) is 0. The third kappa shape index (κ3) is 3.00. The molecule has 6 rings (SSSR count). The van der Waals surface area contributed by atoms with Gasteiger partial charge in [-0.1, -0.05) is 66.7 Å². The first-order valence-electron chi connectivity index (χ1n) is 11.0. The molecule has 0 amide bonds. The lowest BCUT2D eigenvalue weighted by atomic mass is 9.85. The fourth-order valence-corrected chi connectivity index (χ4v) is 4.83. The van der Waals surface area contributed by atoms with Crippen molar-refractivity contribution in [3.63, 3.8) is 0 Å². The van der Waals surface area contributed by atoms with Crippen molar-refractivity contribution in [2.45, 2.75) is 0 Å². The molecule has 1 aromatic heterocycles. The number of nitriles is 2. The molecule has 34 heavy (non-hydrogen) atoms. The number of rotatable bonds is 2. The van der Waals surface area contributed by atoms with E-state index >= 15 is 0 Å². The fraction of sp³-hybridized carbons (Fsp3) is 0. The van der Waals surface area contributed by atoms with Crippen molar-refractivity contribution >= 4 is 32.4 Å². The molecule has 0 saturated carbocycles. The molecule has 0 unspecified atom stereocenters. The number of hydrogen-bond donors (Lipinski definition) is 0. The van der Waals surface area contributed by atoms with Crippen LogP contribution in [0.4, 0.5) is 0 Å². The molecule has 0 bridgehead atoms.